The van der Waals surface area contributed by atoms with E-state index in [1.807, 2.05) is 5.38 Å². The highest BCUT2D eigenvalue weighted by Gasteiger charge is 2.39. The zero-order chi connectivity index (χ0) is 16.1. The first-order valence-corrected chi connectivity index (χ1v) is 7.91. The predicted octanol–water partition coefficient (Wildman–Crippen LogP) is 1.30. The van der Waals surface area contributed by atoms with Crippen LogP contribution in [0.4, 0.5) is 0 Å². The van der Waals surface area contributed by atoms with Crippen LogP contribution in [0.15, 0.2) is 15.6 Å². The minimum atomic E-state index is -0.420. The van der Waals surface area contributed by atoms with Gasteiger partial charge in [0.2, 0.25) is 11.7 Å². The monoisotopic (exact) mass is 330 g/mol. The summed E-state index contributed by atoms with van der Waals surface area (Å²) in [6.45, 7) is 0.368. The van der Waals surface area contributed by atoms with Crippen molar-refractivity contribution in [1.82, 2.24) is 30.9 Å². The van der Waals surface area contributed by atoms with Crippen molar-refractivity contribution in [1.29, 1.82) is 0 Å². The van der Waals surface area contributed by atoms with E-state index in [9.17, 15) is 4.79 Å². The summed E-state index contributed by atoms with van der Waals surface area (Å²) < 4.78 is 0. The molecule has 23 heavy (non-hydrogen) atoms. The fraction of sp³-hybridized carbons (Fsp3) is 0.462. The lowest BCUT2D eigenvalue weighted by molar-refractivity contribution is -0.121. The quantitative estimate of drug-likeness (QED) is 0.706. The first kappa shape index (κ1) is 15.2. The van der Waals surface area contributed by atoms with Crippen molar-refractivity contribution in [2.45, 2.75) is 37.9 Å². The van der Waals surface area contributed by atoms with Crippen LogP contribution in [0.3, 0.4) is 0 Å². The van der Waals surface area contributed by atoms with Crippen LogP contribution in [0.5, 0.6) is 0 Å². The molecule has 2 aromatic rings. The predicted molar refractivity (Wildman–Crippen MR) is 82.0 cm³/mol. The van der Waals surface area contributed by atoms with Gasteiger partial charge in [0.1, 0.15) is 10.7 Å². The fourth-order valence-electron chi connectivity index (χ4n) is 2.01. The zero-order valence-corrected chi connectivity index (χ0v) is 13.0. The molecule has 0 saturated heterocycles. The van der Waals surface area contributed by atoms with E-state index in [1.54, 1.807) is 0 Å². The number of carbonyl (C=O) groups excluding carboxylic acids is 1. The summed E-state index contributed by atoms with van der Waals surface area (Å²) >= 11 is 1.43. The molecule has 3 heterocycles. The number of tetrazole rings is 1. The number of aromatic amines is 1. The van der Waals surface area contributed by atoms with E-state index >= 15 is 0 Å². The van der Waals surface area contributed by atoms with E-state index in [-0.39, 0.29) is 5.91 Å². The van der Waals surface area contributed by atoms with Crippen molar-refractivity contribution in [3.8, 4) is 23.9 Å². The minimum absolute atomic E-state index is 0.0568. The molecule has 118 valence electrons. The third kappa shape index (κ3) is 3.95. The first-order chi connectivity index (χ1) is 11.2. The molecule has 2 N–H and O–H groups in total. The summed E-state index contributed by atoms with van der Waals surface area (Å²) in [7, 11) is 0. The lowest BCUT2D eigenvalue weighted by atomic mass is 10.0. The Morgan fingerprint density at radius 2 is 2.30 bits per heavy atom. The Bertz CT molecular complexity index is 738. The Morgan fingerprint density at radius 3 is 3.00 bits per heavy atom. The summed E-state index contributed by atoms with van der Waals surface area (Å²) in [6, 6.07) is 0. The number of terminal acetylenes is 1. The smallest absolute Gasteiger partial charge is 0.223 e. The Kier molecular flexibility index (Phi) is 4.38. The van der Waals surface area contributed by atoms with Gasteiger partial charge in [0.15, 0.2) is 5.66 Å². The number of H-pyrrole nitrogens is 1. The van der Waals surface area contributed by atoms with Crippen LogP contribution in [0.1, 0.15) is 30.7 Å². The van der Waals surface area contributed by atoms with Gasteiger partial charge >= 0.3 is 0 Å². The number of thiazole rings is 1. The second kappa shape index (κ2) is 6.62. The Balaban J connectivity index is 1.42. The van der Waals surface area contributed by atoms with E-state index < -0.39 is 5.66 Å². The van der Waals surface area contributed by atoms with Gasteiger partial charge in [-0.15, -0.1) is 33.9 Å². The molecule has 0 atom stereocenters. The maximum atomic E-state index is 11.9. The van der Waals surface area contributed by atoms with Crippen LogP contribution >= 0.6 is 11.3 Å². The van der Waals surface area contributed by atoms with Crippen molar-refractivity contribution in [2.24, 2.45) is 10.2 Å². The second-order valence-corrected chi connectivity index (χ2v) is 5.97. The van der Waals surface area contributed by atoms with Crippen LogP contribution in [0.25, 0.3) is 11.5 Å². The van der Waals surface area contributed by atoms with Crippen molar-refractivity contribution in [2.75, 3.05) is 0 Å². The maximum Gasteiger partial charge on any atom is 0.223 e. The minimum Gasteiger partial charge on any atom is -0.350 e. The summed E-state index contributed by atoms with van der Waals surface area (Å²) in [5, 5.41) is 27.0. The van der Waals surface area contributed by atoms with Gasteiger partial charge in [-0.25, -0.2) is 4.98 Å². The summed E-state index contributed by atoms with van der Waals surface area (Å²) in [6.07, 6.45) is 7.51. The third-order valence-electron chi connectivity index (χ3n) is 3.37. The summed E-state index contributed by atoms with van der Waals surface area (Å²) in [5.74, 6) is 2.95. The number of rotatable bonds is 8. The van der Waals surface area contributed by atoms with E-state index in [4.69, 9.17) is 6.42 Å². The third-order valence-corrected chi connectivity index (χ3v) is 4.22. The van der Waals surface area contributed by atoms with Crippen LogP contribution in [-0.4, -0.2) is 37.2 Å². The number of amides is 1. The molecule has 2 aromatic heterocycles. The van der Waals surface area contributed by atoms with Crippen LogP contribution in [-0.2, 0) is 11.3 Å². The van der Waals surface area contributed by atoms with Gasteiger partial charge in [-0.3, -0.25) is 4.79 Å². The van der Waals surface area contributed by atoms with Crippen molar-refractivity contribution < 1.29 is 4.79 Å². The Morgan fingerprint density at radius 1 is 1.43 bits per heavy atom. The van der Waals surface area contributed by atoms with Crippen LogP contribution in [0, 0.1) is 12.3 Å². The van der Waals surface area contributed by atoms with Crippen molar-refractivity contribution >= 4 is 17.2 Å². The molecule has 0 saturated carbocycles. The van der Waals surface area contributed by atoms with E-state index in [2.05, 4.69) is 47.1 Å². The number of carbonyl (C=O) groups is 1. The number of hydrogen-bond donors (Lipinski definition) is 2. The van der Waals surface area contributed by atoms with Crippen LogP contribution in [0.2, 0.25) is 0 Å². The highest BCUT2D eigenvalue weighted by molar-refractivity contribution is 7.09. The molecule has 3 rings (SSSR count). The summed E-state index contributed by atoms with van der Waals surface area (Å²) in [4.78, 5) is 16.2. The summed E-state index contributed by atoms with van der Waals surface area (Å²) in [5.41, 5.74) is 0.216. The molecule has 1 aliphatic rings. The molecule has 0 radical (unpaired) electrons. The first-order valence-electron chi connectivity index (χ1n) is 7.03. The zero-order valence-electron chi connectivity index (χ0n) is 12.2. The van der Waals surface area contributed by atoms with Gasteiger partial charge in [0.05, 0.1) is 6.54 Å². The molecular weight excluding hydrogens is 316 g/mol. The number of aromatic nitrogens is 5. The van der Waals surface area contributed by atoms with Gasteiger partial charge < -0.3 is 5.32 Å². The highest BCUT2D eigenvalue weighted by atomic mass is 32.1. The molecular formula is C13H14N8OS. The number of nitrogens with zero attached hydrogens (tertiary/aromatic N) is 6. The lowest BCUT2D eigenvalue weighted by Gasteiger charge is -2.08. The maximum absolute atomic E-state index is 11.9. The molecule has 9 nitrogen and oxygen atoms in total. The molecule has 0 bridgehead atoms. The molecule has 0 spiro atoms. The highest BCUT2D eigenvalue weighted by Crippen LogP contribution is 2.37. The molecule has 1 amide bonds. The topological polar surface area (TPSA) is 121 Å². The molecule has 0 aromatic carbocycles. The average molecular weight is 330 g/mol. The number of hydrogen-bond acceptors (Lipinski definition) is 8. The molecule has 0 fully saturated rings. The molecule has 0 unspecified atom stereocenters. The fourth-order valence-corrected chi connectivity index (χ4v) is 2.72. The van der Waals surface area contributed by atoms with E-state index in [0.29, 0.717) is 43.7 Å². The Hall–Kier alpha value is -2.67. The average Bonchev–Trinajstić information content (AvgIpc) is 2.96. The second-order valence-electron chi connectivity index (χ2n) is 5.03. The Labute approximate surface area is 136 Å². The molecule has 1 aliphatic heterocycles. The normalized spacial score (nSPS) is 14.4. The van der Waals surface area contributed by atoms with Crippen LogP contribution < -0.4 is 5.32 Å². The van der Waals surface area contributed by atoms with Gasteiger partial charge in [0, 0.05) is 31.1 Å². The number of nitrogens with one attached hydrogen (secondary N) is 2. The largest absolute Gasteiger partial charge is 0.350 e. The van der Waals surface area contributed by atoms with Gasteiger partial charge in [-0.1, -0.05) is 0 Å². The van der Waals surface area contributed by atoms with E-state index in [0.717, 1.165) is 5.01 Å². The van der Waals surface area contributed by atoms with Gasteiger partial charge in [-0.05, 0) is 5.21 Å². The molecule has 0 aliphatic carbocycles. The van der Waals surface area contributed by atoms with Crippen molar-refractivity contribution in [3.63, 3.8) is 0 Å². The lowest BCUT2D eigenvalue weighted by Crippen LogP contribution is -2.24. The van der Waals surface area contributed by atoms with E-state index in [1.165, 1.54) is 11.3 Å². The molecule has 10 heteroatoms. The van der Waals surface area contributed by atoms with Gasteiger partial charge in [-0.2, -0.15) is 15.4 Å². The van der Waals surface area contributed by atoms with Gasteiger partial charge in [0.25, 0.3) is 0 Å². The van der Waals surface area contributed by atoms with Crippen molar-refractivity contribution in [3.05, 3.63) is 10.4 Å². The standard InChI is InChI=1S/C13H14N8OS/c1-2-3-5-13(18-19-13)6-4-10(22)14-7-11-15-9(8-23-11)12-16-20-21-17-12/h1,8H,3-7H2,(H,14,22)(H,16,17,20,21). The SMILES string of the molecule is C#CCCC1(CCC(=O)NCc2nc(-c3nn[nH]n3)cs2)N=N1.